The van der Waals surface area contributed by atoms with Gasteiger partial charge in [-0.05, 0) is 28.7 Å². The van der Waals surface area contributed by atoms with Gasteiger partial charge in [0.2, 0.25) is 4.80 Å². The monoisotopic (exact) mass is 337 g/mol. The largest absolute Gasteiger partial charge is 0.318 e. The third kappa shape index (κ3) is 3.29. The molecule has 1 aromatic heterocycles. The third-order valence-electron chi connectivity index (χ3n) is 4.10. The molecule has 0 bridgehead atoms. The topological polar surface area (TPSA) is 29.3 Å². The summed E-state index contributed by atoms with van der Waals surface area (Å²) in [6.45, 7) is 10.7. The van der Waals surface area contributed by atoms with Crippen LogP contribution in [0.2, 0.25) is 0 Å². The van der Waals surface area contributed by atoms with E-state index in [1.54, 1.807) is 11.3 Å². The van der Waals surface area contributed by atoms with Gasteiger partial charge in [0, 0.05) is 7.05 Å². The van der Waals surface area contributed by atoms with E-state index >= 15 is 0 Å². The molecule has 3 aromatic rings. The lowest BCUT2D eigenvalue weighted by Gasteiger charge is -2.19. The van der Waals surface area contributed by atoms with E-state index in [1.807, 2.05) is 19.2 Å². The van der Waals surface area contributed by atoms with Gasteiger partial charge < -0.3 is 4.57 Å². The molecule has 0 aliphatic rings. The zero-order chi connectivity index (χ0) is 17.3. The Balaban J connectivity index is 1.83. The maximum absolute atomic E-state index is 4.52. The molecule has 24 heavy (non-hydrogen) atoms. The summed E-state index contributed by atoms with van der Waals surface area (Å²) in [6.07, 6.45) is 0. The van der Waals surface area contributed by atoms with E-state index in [-0.39, 0.29) is 5.41 Å². The highest BCUT2D eigenvalue weighted by Crippen LogP contribution is 2.23. The molecule has 4 heteroatoms. The number of benzene rings is 2. The molecule has 3 nitrogen and oxygen atoms in total. The van der Waals surface area contributed by atoms with Gasteiger partial charge in [-0.1, -0.05) is 75.1 Å². The first-order chi connectivity index (χ1) is 11.4. The van der Waals surface area contributed by atoms with E-state index in [0.29, 0.717) is 0 Å². The summed E-state index contributed by atoms with van der Waals surface area (Å²) in [4.78, 5) is 0.920. The highest BCUT2D eigenvalue weighted by atomic mass is 32.1. The normalized spacial score (nSPS) is 12.6. The maximum atomic E-state index is 4.52. The summed E-state index contributed by atoms with van der Waals surface area (Å²) in [6, 6.07) is 16.8. The van der Waals surface area contributed by atoms with Crippen molar-refractivity contribution in [3.05, 3.63) is 71.0 Å². The van der Waals surface area contributed by atoms with Crippen LogP contribution in [0.15, 0.2) is 60.2 Å². The van der Waals surface area contributed by atoms with Gasteiger partial charge in [0.05, 0.1) is 15.9 Å². The van der Waals surface area contributed by atoms with E-state index in [4.69, 9.17) is 0 Å². The molecule has 0 radical (unpaired) electrons. The van der Waals surface area contributed by atoms with Gasteiger partial charge in [-0.2, -0.15) is 0 Å². The second-order valence-corrected chi connectivity index (χ2v) is 7.95. The van der Waals surface area contributed by atoms with Crippen molar-refractivity contribution in [1.29, 1.82) is 0 Å². The average molecular weight is 337 g/mol. The number of hydrogen-bond donors (Lipinski definition) is 1. The lowest BCUT2D eigenvalue weighted by molar-refractivity contribution is 0.590. The average Bonchev–Trinajstić information content (AvgIpc) is 2.88. The second kappa shape index (κ2) is 6.29. The highest BCUT2D eigenvalue weighted by Gasteiger charge is 2.13. The van der Waals surface area contributed by atoms with Gasteiger partial charge in [-0.15, -0.1) is 5.10 Å². The fourth-order valence-corrected chi connectivity index (χ4v) is 3.52. The summed E-state index contributed by atoms with van der Waals surface area (Å²) in [5, 5.41) is 4.52. The predicted octanol–water partition coefficient (Wildman–Crippen LogP) is 4.61. The molecule has 0 amide bonds. The Morgan fingerprint density at radius 1 is 1.08 bits per heavy atom. The van der Waals surface area contributed by atoms with Crippen molar-refractivity contribution in [2.24, 2.45) is 12.1 Å². The van der Waals surface area contributed by atoms with Gasteiger partial charge in [-0.3, -0.25) is 5.43 Å². The number of para-hydroxylation sites is 1. The van der Waals surface area contributed by atoms with Crippen molar-refractivity contribution in [3.8, 4) is 0 Å². The molecule has 0 spiro atoms. The lowest BCUT2D eigenvalue weighted by Crippen LogP contribution is -2.16. The molecular formula is C20H23N3S. The summed E-state index contributed by atoms with van der Waals surface area (Å²) in [5.41, 5.74) is 7.60. The summed E-state index contributed by atoms with van der Waals surface area (Å²) >= 11 is 1.66. The number of nitrogens with one attached hydrogen (secondary N) is 1. The zero-order valence-corrected chi connectivity index (χ0v) is 15.4. The molecule has 124 valence electrons. The summed E-state index contributed by atoms with van der Waals surface area (Å²) in [7, 11) is 2.03. The molecule has 1 N–H and O–H groups in total. The Labute approximate surface area is 147 Å². The zero-order valence-electron chi connectivity index (χ0n) is 14.6. The van der Waals surface area contributed by atoms with Crippen molar-refractivity contribution in [3.63, 3.8) is 0 Å². The molecule has 2 aromatic carbocycles. The molecule has 0 aliphatic carbocycles. The minimum Gasteiger partial charge on any atom is -0.318 e. The van der Waals surface area contributed by atoms with Crippen LogP contribution in [0.3, 0.4) is 0 Å². The number of aryl methyl sites for hydroxylation is 1. The quantitative estimate of drug-likeness (QED) is 0.695. The molecule has 0 saturated heterocycles. The molecule has 0 unspecified atom stereocenters. The molecule has 0 atom stereocenters. The van der Waals surface area contributed by atoms with Crippen molar-refractivity contribution in [2.45, 2.75) is 26.2 Å². The third-order valence-corrected chi connectivity index (χ3v) is 5.21. The standard InChI is InChI=1S/C20H23N3S/c1-14(15-10-12-16(13-11-15)20(2,3)4)21-22-19-23(5)17-8-6-7-9-18(17)24-19/h6-13,21H,1H2,2-5H3/b22-19-. The van der Waals surface area contributed by atoms with E-state index in [2.05, 4.69) is 78.8 Å². The van der Waals surface area contributed by atoms with Gasteiger partial charge >= 0.3 is 0 Å². The van der Waals surface area contributed by atoms with Crippen LogP contribution in [0, 0.1) is 0 Å². The van der Waals surface area contributed by atoms with E-state index < -0.39 is 0 Å². The fourth-order valence-electron chi connectivity index (χ4n) is 2.54. The van der Waals surface area contributed by atoms with Crippen LogP contribution < -0.4 is 10.2 Å². The van der Waals surface area contributed by atoms with Gasteiger partial charge in [-0.25, -0.2) is 0 Å². The van der Waals surface area contributed by atoms with Crippen molar-refractivity contribution in [1.82, 2.24) is 9.99 Å². The van der Waals surface area contributed by atoms with Crippen LogP contribution in [0.25, 0.3) is 15.9 Å². The number of nitrogens with zero attached hydrogens (tertiary/aromatic N) is 2. The minimum atomic E-state index is 0.155. The van der Waals surface area contributed by atoms with Crippen molar-refractivity contribution >= 4 is 27.3 Å². The number of thiazole rings is 1. The first-order valence-corrected chi connectivity index (χ1v) is 8.82. The van der Waals surface area contributed by atoms with E-state index in [1.165, 1.54) is 15.8 Å². The van der Waals surface area contributed by atoms with Crippen LogP contribution in [0.5, 0.6) is 0 Å². The number of hydrogen-bond acceptors (Lipinski definition) is 3. The fraction of sp³-hybridized carbons (Fsp3) is 0.250. The van der Waals surface area contributed by atoms with E-state index in [9.17, 15) is 0 Å². The first kappa shape index (κ1) is 16.5. The Hall–Kier alpha value is -2.33. The smallest absolute Gasteiger partial charge is 0.208 e. The molecular weight excluding hydrogens is 314 g/mol. The van der Waals surface area contributed by atoms with Gasteiger partial charge in [0.25, 0.3) is 0 Å². The van der Waals surface area contributed by atoms with Crippen molar-refractivity contribution in [2.75, 3.05) is 0 Å². The SMILES string of the molecule is C=C(N/N=c1\sc2ccccc2n1C)c1ccc(C(C)(C)C)cc1. The molecule has 0 aliphatic heterocycles. The van der Waals surface area contributed by atoms with Crippen LogP contribution in [-0.2, 0) is 12.5 Å². The van der Waals surface area contributed by atoms with Crippen LogP contribution >= 0.6 is 11.3 Å². The van der Waals surface area contributed by atoms with E-state index in [0.717, 1.165) is 16.1 Å². The Morgan fingerprint density at radius 2 is 1.75 bits per heavy atom. The number of aromatic nitrogens is 1. The summed E-state index contributed by atoms with van der Waals surface area (Å²) < 4.78 is 3.31. The summed E-state index contributed by atoms with van der Waals surface area (Å²) in [5.74, 6) is 0. The highest BCUT2D eigenvalue weighted by molar-refractivity contribution is 7.16. The molecule has 0 saturated carbocycles. The first-order valence-electron chi connectivity index (χ1n) is 8.00. The predicted molar refractivity (Wildman–Crippen MR) is 104 cm³/mol. The molecule has 1 heterocycles. The van der Waals surface area contributed by atoms with Crippen LogP contribution in [0.4, 0.5) is 0 Å². The number of fused-ring (bicyclic) bond motifs is 1. The maximum Gasteiger partial charge on any atom is 0.208 e. The number of rotatable bonds is 3. The lowest BCUT2D eigenvalue weighted by atomic mass is 9.86. The Bertz CT molecular complexity index is 937. The van der Waals surface area contributed by atoms with Gasteiger partial charge in [0.15, 0.2) is 0 Å². The van der Waals surface area contributed by atoms with Crippen LogP contribution in [-0.4, -0.2) is 4.57 Å². The Kier molecular flexibility index (Phi) is 4.33. The second-order valence-electron chi connectivity index (χ2n) is 6.94. The van der Waals surface area contributed by atoms with Gasteiger partial charge in [0.1, 0.15) is 0 Å². The van der Waals surface area contributed by atoms with Crippen LogP contribution in [0.1, 0.15) is 31.9 Å². The molecule has 3 rings (SSSR count). The molecule has 0 fully saturated rings. The minimum absolute atomic E-state index is 0.155. The Morgan fingerprint density at radius 3 is 2.38 bits per heavy atom. The van der Waals surface area contributed by atoms with Crippen molar-refractivity contribution < 1.29 is 0 Å².